The van der Waals surface area contributed by atoms with E-state index in [4.69, 9.17) is 11.6 Å². The van der Waals surface area contributed by atoms with Crippen molar-refractivity contribution in [2.24, 2.45) is 0 Å². The molecule has 1 N–H and O–H groups in total. The SMILES string of the molecule is O=S(=O)(Nc1ncc(Br)nc1Br)c1ccc(Cl)s1. The van der Waals surface area contributed by atoms with Gasteiger partial charge in [-0.25, -0.2) is 18.4 Å². The second-order valence-electron chi connectivity index (χ2n) is 3.00. The van der Waals surface area contributed by atoms with Crippen molar-refractivity contribution in [3.63, 3.8) is 0 Å². The first-order valence-electron chi connectivity index (χ1n) is 4.35. The molecule has 0 aliphatic heterocycles. The van der Waals surface area contributed by atoms with Gasteiger partial charge in [-0.3, -0.25) is 4.72 Å². The quantitative estimate of drug-likeness (QED) is 0.804. The topological polar surface area (TPSA) is 72.0 Å². The fourth-order valence-corrected chi connectivity index (χ4v) is 4.58. The van der Waals surface area contributed by atoms with Gasteiger partial charge in [0.15, 0.2) is 10.4 Å². The zero-order chi connectivity index (χ0) is 13.3. The summed E-state index contributed by atoms with van der Waals surface area (Å²) in [6.07, 6.45) is 1.39. The number of anilines is 1. The number of aromatic nitrogens is 2. The summed E-state index contributed by atoms with van der Waals surface area (Å²) in [6, 6.07) is 2.94. The third-order valence-electron chi connectivity index (χ3n) is 1.74. The Labute approximate surface area is 129 Å². The molecule has 2 aromatic rings. The summed E-state index contributed by atoms with van der Waals surface area (Å²) in [4.78, 5) is 7.90. The van der Waals surface area contributed by atoms with Gasteiger partial charge in [-0.1, -0.05) is 11.6 Å². The van der Waals surface area contributed by atoms with E-state index in [0.29, 0.717) is 13.5 Å². The predicted molar refractivity (Wildman–Crippen MR) is 77.6 cm³/mol. The fraction of sp³-hybridized carbons (Fsp3) is 0. The molecule has 2 aromatic heterocycles. The van der Waals surface area contributed by atoms with E-state index in [1.54, 1.807) is 0 Å². The standard InChI is InChI=1S/C8H4Br2ClN3O2S2/c9-4-3-12-8(7(10)13-4)14-18(15,16)6-2-1-5(11)17-6/h1-3H,(H,12,14). The van der Waals surface area contributed by atoms with Crippen LogP contribution >= 0.6 is 54.8 Å². The number of hydrogen-bond donors (Lipinski definition) is 1. The molecule has 0 bridgehead atoms. The van der Waals surface area contributed by atoms with E-state index < -0.39 is 10.0 Å². The van der Waals surface area contributed by atoms with E-state index in [9.17, 15) is 8.42 Å². The van der Waals surface area contributed by atoms with Crippen molar-refractivity contribution in [1.82, 2.24) is 9.97 Å². The molecule has 10 heteroatoms. The van der Waals surface area contributed by atoms with Gasteiger partial charge < -0.3 is 0 Å². The maximum atomic E-state index is 12.0. The van der Waals surface area contributed by atoms with Crippen LogP contribution in [0.2, 0.25) is 4.34 Å². The van der Waals surface area contributed by atoms with Gasteiger partial charge in [-0.15, -0.1) is 11.3 Å². The molecule has 2 rings (SSSR count). The number of hydrogen-bond acceptors (Lipinski definition) is 5. The highest BCUT2D eigenvalue weighted by atomic mass is 79.9. The molecular weight excluding hydrogens is 430 g/mol. The first-order chi connectivity index (χ1) is 8.38. The van der Waals surface area contributed by atoms with Crippen molar-refractivity contribution in [3.8, 4) is 0 Å². The Bertz CT molecular complexity index is 689. The van der Waals surface area contributed by atoms with Gasteiger partial charge in [0, 0.05) is 0 Å². The van der Waals surface area contributed by atoms with E-state index >= 15 is 0 Å². The van der Waals surface area contributed by atoms with Crippen LogP contribution in [0.4, 0.5) is 5.82 Å². The van der Waals surface area contributed by atoms with Gasteiger partial charge in [-0.05, 0) is 44.0 Å². The van der Waals surface area contributed by atoms with Gasteiger partial charge in [0.05, 0.1) is 10.5 Å². The molecule has 0 aliphatic rings. The highest BCUT2D eigenvalue weighted by molar-refractivity contribution is 9.11. The summed E-state index contributed by atoms with van der Waals surface area (Å²) < 4.78 is 27.6. The summed E-state index contributed by atoms with van der Waals surface area (Å²) in [6.45, 7) is 0. The summed E-state index contributed by atoms with van der Waals surface area (Å²) in [7, 11) is -3.69. The average molecular weight is 434 g/mol. The summed E-state index contributed by atoms with van der Waals surface area (Å²) in [5, 5.41) is 0. The lowest BCUT2D eigenvalue weighted by Gasteiger charge is -2.06. The molecule has 18 heavy (non-hydrogen) atoms. The van der Waals surface area contributed by atoms with Crippen molar-refractivity contribution < 1.29 is 8.42 Å². The fourth-order valence-electron chi connectivity index (χ4n) is 1.03. The minimum Gasteiger partial charge on any atom is -0.260 e. The van der Waals surface area contributed by atoms with Crippen LogP contribution in [0.15, 0.2) is 31.7 Å². The highest BCUT2D eigenvalue weighted by Crippen LogP contribution is 2.28. The van der Waals surface area contributed by atoms with Crippen LogP contribution in [-0.2, 0) is 10.0 Å². The van der Waals surface area contributed by atoms with Crippen LogP contribution in [0.3, 0.4) is 0 Å². The monoisotopic (exact) mass is 431 g/mol. The Kier molecular flexibility index (Phi) is 4.27. The molecule has 0 aliphatic carbocycles. The molecular formula is C8H4Br2ClN3O2S2. The van der Waals surface area contributed by atoms with Crippen molar-refractivity contribution in [2.45, 2.75) is 4.21 Å². The smallest absolute Gasteiger partial charge is 0.260 e. The second kappa shape index (κ2) is 5.41. The van der Waals surface area contributed by atoms with Crippen molar-refractivity contribution >= 4 is 70.6 Å². The first kappa shape index (κ1) is 14.2. The molecule has 96 valence electrons. The Balaban J connectivity index is 2.33. The molecule has 0 radical (unpaired) electrons. The van der Waals surface area contributed by atoms with Gasteiger partial charge >= 0.3 is 0 Å². The molecule has 0 saturated carbocycles. The van der Waals surface area contributed by atoms with E-state index in [0.717, 1.165) is 11.3 Å². The largest absolute Gasteiger partial charge is 0.272 e. The average Bonchev–Trinajstić information content (AvgIpc) is 2.70. The molecule has 0 amide bonds. The van der Waals surface area contributed by atoms with Gasteiger partial charge in [0.1, 0.15) is 8.81 Å². The molecule has 5 nitrogen and oxygen atoms in total. The number of thiophene rings is 1. The molecule has 0 atom stereocenters. The summed E-state index contributed by atoms with van der Waals surface area (Å²) in [5.41, 5.74) is 0. The first-order valence-corrected chi connectivity index (χ1v) is 8.61. The maximum Gasteiger partial charge on any atom is 0.272 e. The Morgan fingerprint density at radius 2 is 2.06 bits per heavy atom. The van der Waals surface area contributed by atoms with E-state index in [2.05, 4.69) is 46.5 Å². The molecule has 0 unspecified atom stereocenters. The van der Waals surface area contributed by atoms with E-state index in [1.807, 2.05) is 0 Å². The van der Waals surface area contributed by atoms with Crippen molar-refractivity contribution in [3.05, 3.63) is 31.9 Å². The van der Waals surface area contributed by atoms with Crippen molar-refractivity contribution in [1.29, 1.82) is 0 Å². The number of nitrogens with zero attached hydrogens (tertiary/aromatic N) is 2. The van der Waals surface area contributed by atoms with Gasteiger partial charge in [-0.2, -0.15) is 0 Å². The lowest BCUT2D eigenvalue weighted by Crippen LogP contribution is -2.13. The normalized spacial score (nSPS) is 11.5. The van der Waals surface area contributed by atoms with Crippen LogP contribution in [0.25, 0.3) is 0 Å². The lowest BCUT2D eigenvalue weighted by atomic mass is 10.7. The number of sulfonamides is 1. The summed E-state index contributed by atoms with van der Waals surface area (Å²) in [5.74, 6) is 0.114. The number of halogens is 3. The molecule has 2 heterocycles. The maximum absolute atomic E-state index is 12.0. The van der Waals surface area contributed by atoms with Crippen LogP contribution in [0, 0.1) is 0 Å². The Hall–Kier alpha value is -0.220. The highest BCUT2D eigenvalue weighted by Gasteiger charge is 2.19. The number of nitrogens with one attached hydrogen (secondary N) is 1. The third kappa shape index (κ3) is 3.21. The van der Waals surface area contributed by atoms with Gasteiger partial charge in [0.2, 0.25) is 0 Å². The molecule has 0 saturated heterocycles. The van der Waals surface area contributed by atoms with Gasteiger partial charge in [0.25, 0.3) is 10.0 Å². The Morgan fingerprint density at radius 3 is 2.61 bits per heavy atom. The zero-order valence-electron chi connectivity index (χ0n) is 8.39. The third-order valence-corrected chi connectivity index (χ3v) is 5.74. The Morgan fingerprint density at radius 1 is 1.33 bits per heavy atom. The van der Waals surface area contributed by atoms with Crippen LogP contribution in [-0.4, -0.2) is 18.4 Å². The molecule has 0 aromatic carbocycles. The van der Waals surface area contributed by atoms with Crippen LogP contribution in [0.1, 0.15) is 0 Å². The van der Waals surface area contributed by atoms with Crippen LogP contribution in [0.5, 0.6) is 0 Å². The van der Waals surface area contributed by atoms with E-state index in [-0.39, 0.29) is 10.0 Å². The lowest BCUT2D eigenvalue weighted by molar-refractivity contribution is 0.603. The molecule has 0 spiro atoms. The zero-order valence-corrected chi connectivity index (χ0v) is 14.0. The second-order valence-corrected chi connectivity index (χ2v) is 8.18. The number of rotatable bonds is 3. The van der Waals surface area contributed by atoms with E-state index in [1.165, 1.54) is 18.3 Å². The summed E-state index contributed by atoms with van der Waals surface area (Å²) >= 11 is 12.9. The predicted octanol–water partition coefficient (Wildman–Crippen LogP) is 3.52. The minimum absolute atomic E-state index is 0.114. The molecule has 0 fully saturated rings. The minimum atomic E-state index is -3.69. The van der Waals surface area contributed by atoms with Crippen molar-refractivity contribution in [2.75, 3.05) is 4.72 Å². The van der Waals surface area contributed by atoms with Crippen LogP contribution < -0.4 is 4.72 Å².